The Morgan fingerprint density at radius 3 is 2.05 bits per heavy atom. The van der Waals surface area contributed by atoms with Crippen LogP contribution in [-0.4, -0.2) is 19.1 Å². The maximum atomic E-state index is 12.5. The number of ketones is 1. The van der Waals surface area contributed by atoms with Crippen molar-refractivity contribution in [2.45, 2.75) is 12.4 Å². The van der Waals surface area contributed by atoms with Crippen LogP contribution in [0.15, 0.2) is 12.1 Å². The summed E-state index contributed by atoms with van der Waals surface area (Å²) in [6.45, 7) is 0. The van der Waals surface area contributed by atoms with Crippen molar-refractivity contribution < 1.29 is 35.9 Å². The van der Waals surface area contributed by atoms with E-state index >= 15 is 0 Å². The zero-order valence-electron chi connectivity index (χ0n) is 9.12. The SMILES string of the molecule is COc1c(C(F)(F)F)ccc(C(=O)C(F)(F)F)c1Cl. The largest absolute Gasteiger partial charge is 0.495 e. The van der Waals surface area contributed by atoms with Gasteiger partial charge < -0.3 is 4.74 Å². The zero-order valence-corrected chi connectivity index (χ0v) is 9.87. The molecule has 0 saturated carbocycles. The van der Waals surface area contributed by atoms with Gasteiger partial charge >= 0.3 is 12.4 Å². The lowest BCUT2D eigenvalue weighted by atomic mass is 10.1. The van der Waals surface area contributed by atoms with Crippen molar-refractivity contribution in [2.75, 3.05) is 7.11 Å². The van der Waals surface area contributed by atoms with E-state index in [0.717, 1.165) is 7.11 Å². The first kappa shape index (κ1) is 15.6. The highest BCUT2D eigenvalue weighted by molar-refractivity contribution is 6.35. The van der Waals surface area contributed by atoms with E-state index in [4.69, 9.17) is 11.6 Å². The molecule has 0 bridgehead atoms. The molecule has 2 nitrogen and oxygen atoms in total. The van der Waals surface area contributed by atoms with Crippen molar-refractivity contribution in [2.24, 2.45) is 0 Å². The molecule has 0 aliphatic heterocycles. The first-order valence-corrected chi connectivity index (χ1v) is 4.93. The van der Waals surface area contributed by atoms with Gasteiger partial charge in [0.1, 0.15) is 5.75 Å². The van der Waals surface area contributed by atoms with Crippen molar-refractivity contribution in [3.05, 3.63) is 28.3 Å². The number of rotatable bonds is 2. The summed E-state index contributed by atoms with van der Waals surface area (Å²) in [5, 5.41) is -1.03. The Hall–Kier alpha value is -1.44. The second-order valence-corrected chi connectivity index (χ2v) is 3.71. The highest BCUT2D eigenvalue weighted by Crippen LogP contribution is 2.42. The quantitative estimate of drug-likeness (QED) is 0.607. The third-order valence-electron chi connectivity index (χ3n) is 2.11. The molecule has 0 atom stereocenters. The van der Waals surface area contributed by atoms with Crippen LogP contribution in [0.25, 0.3) is 0 Å². The predicted octanol–water partition coefficient (Wildman–Crippen LogP) is 4.11. The van der Waals surface area contributed by atoms with Gasteiger partial charge in [0.25, 0.3) is 5.78 Å². The number of methoxy groups -OCH3 is 1. The zero-order chi connectivity index (χ0) is 15.0. The average molecular weight is 307 g/mol. The molecule has 0 heterocycles. The molecule has 0 amide bonds. The van der Waals surface area contributed by atoms with Gasteiger partial charge in [-0.25, -0.2) is 0 Å². The molecule has 0 radical (unpaired) electrons. The Balaban J connectivity index is 3.47. The molecule has 0 unspecified atom stereocenters. The van der Waals surface area contributed by atoms with E-state index in [1.54, 1.807) is 0 Å². The number of alkyl halides is 6. The van der Waals surface area contributed by atoms with Crippen molar-refractivity contribution >= 4 is 17.4 Å². The van der Waals surface area contributed by atoms with Crippen LogP contribution >= 0.6 is 11.6 Å². The van der Waals surface area contributed by atoms with Crippen LogP contribution in [0.1, 0.15) is 15.9 Å². The molecule has 9 heteroatoms. The minimum atomic E-state index is -5.24. The van der Waals surface area contributed by atoms with Gasteiger partial charge in [0.15, 0.2) is 0 Å². The van der Waals surface area contributed by atoms with Crippen molar-refractivity contribution in [1.29, 1.82) is 0 Å². The summed E-state index contributed by atoms with van der Waals surface area (Å²) in [4.78, 5) is 11.0. The fourth-order valence-electron chi connectivity index (χ4n) is 1.31. The Bertz CT molecular complexity index is 506. The van der Waals surface area contributed by atoms with Gasteiger partial charge in [-0.1, -0.05) is 11.6 Å². The third kappa shape index (κ3) is 3.12. The van der Waals surface area contributed by atoms with Gasteiger partial charge in [-0.15, -0.1) is 0 Å². The van der Waals surface area contributed by atoms with E-state index in [1.807, 2.05) is 0 Å². The lowest BCUT2D eigenvalue weighted by Crippen LogP contribution is -2.23. The molecule has 0 saturated heterocycles. The minimum absolute atomic E-state index is 0.309. The number of hydrogen-bond donors (Lipinski definition) is 0. The van der Waals surface area contributed by atoms with Crippen LogP contribution in [0.5, 0.6) is 5.75 Å². The highest BCUT2D eigenvalue weighted by Gasteiger charge is 2.43. The summed E-state index contributed by atoms with van der Waals surface area (Å²) in [7, 11) is 0.804. The van der Waals surface area contributed by atoms with E-state index < -0.39 is 40.0 Å². The van der Waals surface area contributed by atoms with Crippen molar-refractivity contribution in [3.8, 4) is 5.75 Å². The summed E-state index contributed by atoms with van der Waals surface area (Å²) in [5.74, 6) is -3.37. The summed E-state index contributed by atoms with van der Waals surface area (Å²) in [6.07, 6.45) is -10.1. The monoisotopic (exact) mass is 306 g/mol. The van der Waals surface area contributed by atoms with Crippen molar-refractivity contribution in [1.82, 2.24) is 0 Å². The Kier molecular flexibility index (Phi) is 4.04. The van der Waals surface area contributed by atoms with Gasteiger partial charge in [0.05, 0.1) is 17.7 Å². The van der Waals surface area contributed by atoms with Crippen molar-refractivity contribution in [3.63, 3.8) is 0 Å². The average Bonchev–Trinajstić information content (AvgIpc) is 2.25. The maximum absolute atomic E-state index is 12.5. The first-order valence-electron chi connectivity index (χ1n) is 4.55. The van der Waals surface area contributed by atoms with Crippen LogP contribution in [0.2, 0.25) is 5.02 Å². The molecule has 1 rings (SSSR count). The van der Waals surface area contributed by atoms with E-state index in [0.29, 0.717) is 12.1 Å². The second kappa shape index (κ2) is 4.92. The normalized spacial score (nSPS) is 12.4. The number of ether oxygens (including phenoxy) is 1. The van der Waals surface area contributed by atoms with Crippen LogP contribution in [0, 0.1) is 0 Å². The molecule has 1 aromatic carbocycles. The highest BCUT2D eigenvalue weighted by atomic mass is 35.5. The summed E-state index contributed by atoms with van der Waals surface area (Å²) < 4.78 is 78.6. The smallest absolute Gasteiger partial charge is 0.454 e. The van der Waals surface area contributed by atoms with Gasteiger partial charge in [0.2, 0.25) is 0 Å². The minimum Gasteiger partial charge on any atom is -0.495 e. The molecule has 0 aliphatic carbocycles. The van der Waals surface area contributed by atoms with Crippen LogP contribution < -0.4 is 4.74 Å². The Morgan fingerprint density at radius 2 is 1.68 bits per heavy atom. The Labute approximate surface area is 107 Å². The maximum Gasteiger partial charge on any atom is 0.454 e. The van der Waals surface area contributed by atoms with Crippen LogP contribution in [0.3, 0.4) is 0 Å². The fraction of sp³-hybridized carbons (Fsp3) is 0.300. The lowest BCUT2D eigenvalue weighted by Gasteiger charge is -2.15. The van der Waals surface area contributed by atoms with Gasteiger partial charge in [-0.05, 0) is 12.1 Å². The van der Waals surface area contributed by atoms with E-state index in [9.17, 15) is 31.1 Å². The van der Waals surface area contributed by atoms with Gasteiger partial charge in [-0.2, -0.15) is 26.3 Å². The fourth-order valence-corrected chi connectivity index (χ4v) is 1.63. The molecular weight excluding hydrogens is 302 g/mol. The number of carbonyl (C=O) groups excluding carboxylic acids is 1. The van der Waals surface area contributed by atoms with E-state index in [2.05, 4.69) is 4.74 Å². The van der Waals surface area contributed by atoms with Crippen LogP contribution in [0.4, 0.5) is 26.3 Å². The number of halogens is 7. The first-order chi connectivity index (χ1) is 8.50. The number of Topliss-reactive ketones (excluding diaryl/α,β-unsaturated/α-hetero) is 1. The molecule has 0 spiro atoms. The molecule has 0 aliphatic rings. The van der Waals surface area contributed by atoms with Gasteiger partial charge in [0, 0.05) is 5.56 Å². The third-order valence-corrected chi connectivity index (χ3v) is 2.48. The van der Waals surface area contributed by atoms with E-state index in [1.165, 1.54) is 0 Å². The molecule has 0 N–H and O–H groups in total. The molecular formula is C10H5ClF6O2. The number of benzene rings is 1. The molecule has 106 valence electrons. The molecule has 1 aromatic rings. The van der Waals surface area contributed by atoms with Gasteiger partial charge in [-0.3, -0.25) is 4.79 Å². The lowest BCUT2D eigenvalue weighted by molar-refractivity contribution is -0.138. The van der Waals surface area contributed by atoms with E-state index in [-0.39, 0.29) is 0 Å². The topological polar surface area (TPSA) is 26.3 Å². The molecule has 19 heavy (non-hydrogen) atoms. The number of hydrogen-bond acceptors (Lipinski definition) is 2. The Morgan fingerprint density at radius 1 is 1.16 bits per heavy atom. The summed E-state index contributed by atoms with van der Waals surface area (Å²) in [5.41, 5.74) is -2.46. The molecule has 0 fully saturated rings. The summed E-state index contributed by atoms with van der Waals surface area (Å²) in [6, 6.07) is 0.674. The predicted molar refractivity (Wildman–Crippen MR) is 53.4 cm³/mol. The summed E-state index contributed by atoms with van der Waals surface area (Å²) >= 11 is 5.38. The number of carbonyl (C=O) groups is 1. The standard InChI is InChI=1S/C10H5ClF6O2/c1-19-7-5(9(12,13)14)3-2-4(6(7)11)8(18)10(15,16)17/h2-3H,1H3. The molecule has 0 aromatic heterocycles. The van der Waals surface area contributed by atoms with Crippen LogP contribution in [-0.2, 0) is 6.18 Å². The second-order valence-electron chi connectivity index (χ2n) is 3.33.